The van der Waals surface area contributed by atoms with Crippen LogP contribution in [0.25, 0.3) is 10.9 Å². The van der Waals surface area contributed by atoms with E-state index in [1.807, 2.05) is 54.7 Å². The van der Waals surface area contributed by atoms with Gasteiger partial charge in [0.2, 0.25) is 0 Å². The minimum atomic E-state index is 0.431. The second-order valence-corrected chi connectivity index (χ2v) is 4.78. The fourth-order valence-electron chi connectivity index (χ4n) is 2.02. The minimum Gasteiger partial charge on any atom is -0.487 e. The number of benzene rings is 2. The predicted octanol–water partition coefficient (Wildman–Crippen LogP) is 3.51. The fourth-order valence-corrected chi connectivity index (χ4v) is 2.02. The number of hydrogen-bond donors (Lipinski definition) is 2. The summed E-state index contributed by atoms with van der Waals surface area (Å²) in [6.45, 7) is 3.19. The zero-order valence-corrected chi connectivity index (χ0v) is 13.0. The van der Waals surface area contributed by atoms with Crippen LogP contribution in [0, 0.1) is 0 Å². The minimum absolute atomic E-state index is 0.431. The van der Waals surface area contributed by atoms with Gasteiger partial charge in [0.15, 0.2) is 0 Å². The van der Waals surface area contributed by atoms with Gasteiger partial charge in [0.1, 0.15) is 12.4 Å². The van der Waals surface area contributed by atoms with Crippen LogP contribution in [0.5, 0.6) is 5.75 Å². The molecule has 0 amide bonds. The summed E-state index contributed by atoms with van der Waals surface area (Å²) in [7, 11) is 0. The molecule has 0 unspecified atom stereocenters. The monoisotopic (exact) mass is 312 g/mol. The van der Waals surface area contributed by atoms with E-state index in [0.29, 0.717) is 25.4 Å². The van der Waals surface area contributed by atoms with E-state index in [4.69, 9.17) is 10.5 Å². The van der Waals surface area contributed by atoms with Crippen LogP contribution in [0.1, 0.15) is 12.5 Å². The Morgan fingerprint density at radius 2 is 1.96 bits per heavy atom. The Morgan fingerprint density at radius 3 is 2.61 bits per heavy atom. The van der Waals surface area contributed by atoms with Gasteiger partial charge in [0.25, 0.3) is 6.47 Å². The van der Waals surface area contributed by atoms with Gasteiger partial charge in [-0.2, -0.15) is 0 Å². The predicted molar refractivity (Wildman–Crippen MR) is 91.2 cm³/mol. The van der Waals surface area contributed by atoms with E-state index in [1.54, 1.807) is 6.92 Å². The van der Waals surface area contributed by atoms with E-state index < -0.39 is 0 Å². The number of fused-ring (bicyclic) bond motifs is 1. The van der Waals surface area contributed by atoms with Gasteiger partial charge in [0, 0.05) is 17.1 Å². The summed E-state index contributed by atoms with van der Waals surface area (Å²) in [6.07, 6.45) is 1.89. The van der Waals surface area contributed by atoms with Crippen molar-refractivity contribution in [1.29, 1.82) is 0 Å². The van der Waals surface area contributed by atoms with Crippen molar-refractivity contribution in [3.05, 3.63) is 60.3 Å². The van der Waals surface area contributed by atoms with Crippen LogP contribution in [-0.4, -0.2) is 18.1 Å². The van der Waals surface area contributed by atoms with Crippen molar-refractivity contribution in [2.45, 2.75) is 13.5 Å². The smallest absolute Gasteiger partial charge is 0.293 e. The van der Waals surface area contributed by atoms with E-state index in [1.165, 1.54) is 0 Å². The Hall–Kier alpha value is -2.95. The van der Waals surface area contributed by atoms with Crippen LogP contribution in [-0.2, 0) is 16.1 Å². The average Bonchev–Trinajstić information content (AvgIpc) is 3.02. The Bertz CT molecular complexity index is 738. The molecular weight excluding hydrogens is 292 g/mol. The summed E-state index contributed by atoms with van der Waals surface area (Å²) >= 11 is 0. The maximum Gasteiger partial charge on any atom is 0.293 e. The topological polar surface area (TPSA) is 77.3 Å². The number of hydrogen-bond acceptors (Lipinski definition) is 4. The molecule has 0 aliphatic rings. The van der Waals surface area contributed by atoms with E-state index in [9.17, 15) is 4.79 Å². The summed E-state index contributed by atoms with van der Waals surface area (Å²) in [6, 6.07) is 15.9. The van der Waals surface area contributed by atoms with Crippen LogP contribution in [0.15, 0.2) is 54.7 Å². The first-order valence-electron chi connectivity index (χ1n) is 7.33. The molecule has 23 heavy (non-hydrogen) atoms. The van der Waals surface area contributed by atoms with Crippen molar-refractivity contribution in [2.24, 2.45) is 0 Å². The molecule has 0 atom stereocenters. The first-order valence-corrected chi connectivity index (χ1v) is 7.33. The third-order valence-electron chi connectivity index (χ3n) is 3.16. The molecule has 2 aromatic carbocycles. The zero-order chi connectivity index (χ0) is 16.5. The summed E-state index contributed by atoms with van der Waals surface area (Å²) < 4.78 is 9.91. The quantitative estimate of drug-likeness (QED) is 0.558. The van der Waals surface area contributed by atoms with E-state index in [2.05, 4.69) is 9.72 Å². The average molecular weight is 312 g/mol. The molecule has 1 aromatic heterocycles. The highest BCUT2D eigenvalue weighted by Crippen LogP contribution is 2.28. The lowest BCUT2D eigenvalue weighted by atomic mass is 10.2. The first-order chi connectivity index (χ1) is 11.2. The Balaban J connectivity index is 0.000000338. The summed E-state index contributed by atoms with van der Waals surface area (Å²) in [5, 5.41) is 1.10. The van der Waals surface area contributed by atoms with Crippen molar-refractivity contribution >= 4 is 23.1 Å². The molecule has 0 aliphatic carbocycles. The Morgan fingerprint density at radius 1 is 1.17 bits per heavy atom. The molecule has 0 fully saturated rings. The maximum atomic E-state index is 9.18. The lowest BCUT2D eigenvalue weighted by molar-refractivity contribution is -0.128. The van der Waals surface area contributed by atoms with Crippen molar-refractivity contribution in [3.8, 4) is 5.75 Å². The van der Waals surface area contributed by atoms with E-state index in [0.717, 1.165) is 22.2 Å². The van der Waals surface area contributed by atoms with Crippen molar-refractivity contribution in [2.75, 3.05) is 12.3 Å². The highest BCUT2D eigenvalue weighted by molar-refractivity contribution is 5.85. The molecule has 5 nitrogen and oxygen atoms in total. The molecule has 0 radical (unpaired) electrons. The third-order valence-corrected chi connectivity index (χ3v) is 3.16. The van der Waals surface area contributed by atoms with Crippen molar-refractivity contribution in [1.82, 2.24) is 4.98 Å². The number of carbonyl (C=O) groups excluding carboxylic acids is 1. The van der Waals surface area contributed by atoms with Crippen LogP contribution < -0.4 is 10.5 Å². The molecule has 0 aliphatic heterocycles. The number of ether oxygens (including phenoxy) is 2. The van der Waals surface area contributed by atoms with Crippen molar-refractivity contribution < 1.29 is 14.3 Å². The molecule has 5 heteroatoms. The number of anilines is 1. The first kappa shape index (κ1) is 16.4. The Labute approximate surface area is 135 Å². The summed E-state index contributed by atoms with van der Waals surface area (Å²) in [5.41, 5.74) is 8.78. The SMILES string of the molecule is CCOC=O.Nc1cc2[nH]ccc2cc1OCc1ccccc1. The molecule has 3 aromatic rings. The van der Waals surface area contributed by atoms with Crippen LogP contribution in [0.4, 0.5) is 5.69 Å². The van der Waals surface area contributed by atoms with Gasteiger partial charge in [-0.3, -0.25) is 4.79 Å². The molecular formula is C18H20N2O3. The van der Waals surface area contributed by atoms with Crippen LogP contribution in [0.3, 0.4) is 0 Å². The summed E-state index contributed by atoms with van der Waals surface area (Å²) in [4.78, 5) is 12.3. The second kappa shape index (κ2) is 8.48. The summed E-state index contributed by atoms with van der Waals surface area (Å²) in [5.74, 6) is 0.728. The highest BCUT2D eigenvalue weighted by Gasteiger charge is 2.04. The number of H-pyrrole nitrogens is 1. The number of nitrogens with two attached hydrogens (primary N) is 1. The highest BCUT2D eigenvalue weighted by atomic mass is 16.5. The van der Waals surface area contributed by atoms with E-state index >= 15 is 0 Å². The van der Waals surface area contributed by atoms with Crippen LogP contribution >= 0.6 is 0 Å². The van der Waals surface area contributed by atoms with Crippen molar-refractivity contribution in [3.63, 3.8) is 0 Å². The van der Waals surface area contributed by atoms with Gasteiger partial charge >= 0.3 is 0 Å². The lowest BCUT2D eigenvalue weighted by Gasteiger charge is -2.09. The molecule has 3 N–H and O–H groups in total. The number of carbonyl (C=O) groups is 1. The van der Waals surface area contributed by atoms with Gasteiger partial charge < -0.3 is 20.2 Å². The van der Waals surface area contributed by atoms with Gasteiger partial charge in [-0.25, -0.2) is 0 Å². The number of aromatic amines is 1. The number of nitrogen functional groups attached to an aromatic ring is 1. The van der Waals surface area contributed by atoms with E-state index in [-0.39, 0.29) is 0 Å². The molecule has 120 valence electrons. The van der Waals surface area contributed by atoms with Gasteiger partial charge in [-0.05, 0) is 30.7 Å². The molecule has 0 bridgehead atoms. The van der Waals surface area contributed by atoms with Gasteiger partial charge in [-0.1, -0.05) is 30.3 Å². The second-order valence-electron chi connectivity index (χ2n) is 4.78. The number of aromatic nitrogens is 1. The largest absolute Gasteiger partial charge is 0.487 e. The third kappa shape index (κ3) is 4.78. The van der Waals surface area contributed by atoms with Gasteiger partial charge in [0.05, 0.1) is 12.3 Å². The molecule has 1 heterocycles. The number of nitrogens with one attached hydrogen (secondary N) is 1. The molecule has 3 rings (SSSR count). The molecule has 0 spiro atoms. The normalized spacial score (nSPS) is 9.78. The van der Waals surface area contributed by atoms with Gasteiger partial charge in [-0.15, -0.1) is 0 Å². The fraction of sp³-hybridized carbons (Fsp3) is 0.167. The standard InChI is InChI=1S/C15H14N2O.C3H6O2/c16-13-9-14-12(6-7-17-14)8-15(13)18-10-11-4-2-1-3-5-11;1-2-5-3-4/h1-9,17H,10,16H2;3H,2H2,1H3. The maximum absolute atomic E-state index is 9.18. The molecule has 0 saturated carbocycles. The van der Waals surface area contributed by atoms with Crippen LogP contribution in [0.2, 0.25) is 0 Å². The lowest BCUT2D eigenvalue weighted by Crippen LogP contribution is -1.98. The number of rotatable bonds is 5. The Kier molecular flexibility index (Phi) is 6.06. The zero-order valence-electron chi connectivity index (χ0n) is 13.0. The molecule has 0 saturated heterocycles.